The minimum absolute atomic E-state index is 0.237. The van der Waals surface area contributed by atoms with Crippen LogP contribution in [0.2, 0.25) is 0 Å². The Kier molecular flexibility index (Phi) is 3.96. The minimum atomic E-state index is -0.642. The fraction of sp³-hybridized carbons (Fsp3) is 0.455. The van der Waals surface area contributed by atoms with Gasteiger partial charge in [0.25, 0.3) is 11.4 Å². The Morgan fingerprint density at radius 1 is 1.26 bits per heavy atom. The molecular weight excluding hydrogens is 292 g/mol. The second-order valence-corrected chi connectivity index (χ2v) is 6.28. The van der Waals surface area contributed by atoms with E-state index in [2.05, 4.69) is 0 Å². The number of halogens is 1. The summed E-state index contributed by atoms with van der Waals surface area (Å²) in [5.41, 5.74) is -0.515. The molecule has 0 amide bonds. The summed E-state index contributed by atoms with van der Waals surface area (Å²) in [5.74, 6) is 0.577. The molecular formula is C11H11ClN2O4S. The van der Waals surface area contributed by atoms with Gasteiger partial charge in [0.2, 0.25) is 0 Å². The number of nitro benzene ring substituents is 2. The van der Waals surface area contributed by atoms with Crippen LogP contribution in [0.4, 0.5) is 11.4 Å². The Labute approximate surface area is 118 Å². The molecule has 102 valence electrons. The minimum Gasteiger partial charge on any atom is -0.258 e. The van der Waals surface area contributed by atoms with E-state index in [1.54, 1.807) is 0 Å². The van der Waals surface area contributed by atoms with Crippen LogP contribution in [0.1, 0.15) is 19.3 Å². The molecule has 1 aliphatic rings. The standard InChI is InChI=1S/C11H11ClN2O4S/c12-11(4-1-5-11)7-19-10-3-2-8(13(15)16)6-9(10)14(17)18/h2-3,6H,1,4-5,7H2. The third-order valence-electron chi connectivity index (χ3n) is 3.09. The van der Waals surface area contributed by atoms with Gasteiger partial charge in [-0.15, -0.1) is 23.4 Å². The number of rotatable bonds is 5. The molecule has 0 aliphatic heterocycles. The van der Waals surface area contributed by atoms with Crippen LogP contribution in [0, 0.1) is 20.2 Å². The monoisotopic (exact) mass is 302 g/mol. The fourth-order valence-electron chi connectivity index (χ4n) is 1.80. The molecule has 0 bridgehead atoms. The Morgan fingerprint density at radius 3 is 2.42 bits per heavy atom. The summed E-state index contributed by atoms with van der Waals surface area (Å²) in [6.07, 6.45) is 2.89. The highest BCUT2D eigenvalue weighted by Crippen LogP contribution is 2.44. The van der Waals surface area contributed by atoms with Gasteiger partial charge in [-0.2, -0.15) is 0 Å². The molecule has 1 aromatic rings. The molecule has 1 saturated carbocycles. The predicted octanol–water partition coefficient (Wildman–Crippen LogP) is 3.76. The van der Waals surface area contributed by atoms with Crippen molar-refractivity contribution in [3.8, 4) is 0 Å². The normalized spacial score (nSPS) is 16.7. The first kappa shape index (κ1) is 14.1. The van der Waals surface area contributed by atoms with Gasteiger partial charge >= 0.3 is 0 Å². The average molecular weight is 303 g/mol. The van der Waals surface area contributed by atoms with E-state index in [1.807, 2.05) is 0 Å². The summed E-state index contributed by atoms with van der Waals surface area (Å²) >= 11 is 7.55. The first-order valence-electron chi connectivity index (χ1n) is 5.66. The third-order valence-corrected chi connectivity index (χ3v) is 5.11. The lowest BCUT2D eigenvalue weighted by molar-refractivity contribution is -0.396. The molecule has 0 atom stereocenters. The molecule has 0 saturated heterocycles. The lowest BCUT2D eigenvalue weighted by atomic mass is 9.86. The van der Waals surface area contributed by atoms with Gasteiger partial charge < -0.3 is 0 Å². The van der Waals surface area contributed by atoms with Crippen LogP contribution in [0.25, 0.3) is 0 Å². The molecule has 1 fully saturated rings. The van der Waals surface area contributed by atoms with Crippen LogP contribution in [-0.4, -0.2) is 20.5 Å². The number of alkyl halides is 1. The van der Waals surface area contributed by atoms with Crippen LogP contribution >= 0.6 is 23.4 Å². The maximum absolute atomic E-state index is 10.9. The van der Waals surface area contributed by atoms with Gasteiger partial charge in [0.1, 0.15) is 0 Å². The van der Waals surface area contributed by atoms with Crippen LogP contribution in [0.15, 0.2) is 23.1 Å². The Morgan fingerprint density at radius 2 is 1.95 bits per heavy atom. The summed E-state index contributed by atoms with van der Waals surface area (Å²) in [6, 6.07) is 3.68. The molecule has 0 unspecified atom stereocenters. The Bertz CT molecular complexity index is 533. The van der Waals surface area contributed by atoms with Gasteiger partial charge in [-0.05, 0) is 25.3 Å². The number of hydrogen-bond donors (Lipinski definition) is 0. The van der Waals surface area contributed by atoms with E-state index in [0.29, 0.717) is 10.6 Å². The number of thioether (sulfide) groups is 1. The van der Waals surface area contributed by atoms with E-state index in [4.69, 9.17) is 11.6 Å². The number of nitro groups is 2. The van der Waals surface area contributed by atoms with Crippen molar-refractivity contribution in [1.82, 2.24) is 0 Å². The average Bonchev–Trinajstić information content (AvgIpc) is 2.33. The number of hydrogen-bond acceptors (Lipinski definition) is 5. The van der Waals surface area contributed by atoms with Crippen molar-refractivity contribution in [2.24, 2.45) is 0 Å². The van der Waals surface area contributed by atoms with Gasteiger partial charge in [0.15, 0.2) is 0 Å². The SMILES string of the molecule is O=[N+]([O-])c1ccc(SCC2(Cl)CCC2)c([N+](=O)[O-])c1. The van der Waals surface area contributed by atoms with Crippen molar-refractivity contribution in [3.05, 3.63) is 38.4 Å². The molecule has 2 rings (SSSR count). The number of non-ortho nitro benzene ring substituents is 1. The van der Waals surface area contributed by atoms with Crippen molar-refractivity contribution in [2.75, 3.05) is 5.75 Å². The van der Waals surface area contributed by atoms with E-state index >= 15 is 0 Å². The van der Waals surface area contributed by atoms with E-state index in [9.17, 15) is 20.2 Å². The van der Waals surface area contributed by atoms with Crippen molar-refractivity contribution in [2.45, 2.75) is 29.0 Å². The smallest absolute Gasteiger partial charge is 0.258 e. The van der Waals surface area contributed by atoms with Gasteiger partial charge in [-0.3, -0.25) is 20.2 Å². The van der Waals surface area contributed by atoms with Crippen molar-refractivity contribution in [1.29, 1.82) is 0 Å². The quantitative estimate of drug-likeness (QED) is 0.358. The summed E-state index contributed by atoms with van der Waals surface area (Å²) in [4.78, 5) is 20.5. The number of benzene rings is 1. The Hall–Kier alpha value is -1.34. The van der Waals surface area contributed by atoms with E-state index in [1.165, 1.54) is 23.9 Å². The first-order valence-corrected chi connectivity index (χ1v) is 7.02. The molecule has 0 N–H and O–H groups in total. The summed E-state index contributed by atoms with van der Waals surface area (Å²) in [7, 11) is 0. The van der Waals surface area contributed by atoms with E-state index in [-0.39, 0.29) is 16.2 Å². The fourth-order valence-corrected chi connectivity index (χ4v) is 3.38. The topological polar surface area (TPSA) is 86.3 Å². The molecule has 0 aromatic heterocycles. The number of nitrogens with zero attached hydrogens (tertiary/aromatic N) is 2. The summed E-state index contributed by atoms with van der Waals surface area (Å²) in [5, 5.41) is 21.6. The van der Waals surface area contributed by atoms with Crippen LogP contribution in [0.5, 0.6) is 0 Å². The lowest BCUT2D eigenvalue weighted by Crippen LogP contribution is -2.32. The third kappa shape index (κ3) is 3.16. The van der Waals surface area contributed by atoms with Crippen molar-refractivity contribution < 1.29 is 9.85 Å². The van der Waals surface area contributed by atoms with Crippen LogP contribution in [-0.2, 0) is 0 Å². The van der Waals surface area contributed by atoms with Gasteiger partial charge in [0.05, 0.1) is 25.7 Å². The summed E-state index contributed by atoms with van der Waals surface area (Å²) in [6.45, 7) is 0. The van der Waals surface area contributed by atoms with Gasteiger partial charge in [-0.25, -0.2) is 0 Å². The molecule has 1 aromatic carbocycles. The first-order chi connectivity index (χ1) is 8.91. The Balaban J connectivity index is 2.19. The zero-order valence-corrected chi connectivity index (χ0v) is 11.4. The second-order valence-electron chi connectivity index (χ2n) is 4.46. The van der Waals surface area contributed by atoms with E-state index < -0.39 is 9.85 Å². The largest absolute Gasteiger partial charge is 0.289 e. The highest BCUT2D eigenvalue weighted by molar-refractivity contribution is 7.99. The second kappa shape index (κ2) is 5.34. The van der Waals surface area contributed by atoms with Gasteiger partial charge in [-0.1, -0.05) is 0 Å². The maximum Gasteiger partial charge on any atom is 0.289 e. The molecule has 0 radical (unpaired) electrons. The highest BCUT2D eigenvalue weighted by Gasteiger charge is 2.35. The predicted molar refractivity (Wildman–Crippen MR) is 72.9 cm³/mol. The van der Waals surface area contributed by atoms with Crippen LogP contribution < -0.4 is 0 Å². The van der Waals surface area contributed by atoms with Crippen molar-refractivity contribution in [3.63, 3.8) is 0 Å². The van der Waals surface area contributed by atoms with E-state index in [0.717, 1.165) is 25.3 Å². The molecule has 19 heavy (non-hydrogen) atoms. The molecule has 8 heteroatoms. The molecule has 1 aliphatic carbocycles. The highest BCUT2D eigenvalue weighted by atomic mass is 35.5. The zero-order chi connectivity index (χ0) is 14.0. The lowest BCUT2D eigenvalue weighted by Gasteiger charge is -2.35. The van der Waals surface area contributed by atoms with Gasteiger partial charge in [0, 0.05) is 11.8 Å². The molecule has 0 heterocycles. The van der Waals surface area contributed by atoms with Crippen LogP contribution in [0.3, 0.4) is 0 Å². The zero-order valence-electron chi connectivity index (χ0n) is 9.87. The van der Waals surface area contributed by atoms with Crippen molar-refractivity contribution >= 4 is 34.7 Å². The molecule has 0 spiro atoms. The summed E-state index contributed by atoms with van der Waals surface area (Å²) < 4.78 is 0. The molecule has 6 nitrogen and oxygen atoms in total. The maximum atomic E-state index is 10.9.